The number of anilines is 1. The molecule has 1 aromatic rings. The van der Waals surface area contributed by atoms with Crippen LogP contribution in [0, 0.1) is 5.92 Å². The Morgan fingerprint density at radius 3 is 2.29 bits per heavy atom. The van der Waals surface area contributed by atoms with E-state index in [1.165, 1.54) is 0 Å². The lowest BCUT2D eigenvalue weighted by Crippen LogP contribution is -2.39. The molecule has 2 fully saturated rings. The van der Waals surface area contributed by atoms with Crippen molar-refractivity contribution in [1.82, 2.24) is 9.80 Å². The smallest absolute Gasteiger partial charge is 0.321 e. The van der Waals surface area contributed by atoms with E-state index in [1.54, 1.807) is 35.4 Å². The fourth-order valence-electron chi connectivity index (χ4n) is 2.86. The standard InChI is InChI=1S/C17H23N3O3S/c1-24(23)15-7-5-14(6-8-15)18-17(22)20-10-2-9-19(11-12-20)16(21)13-3-4-13/h5-8,13H,2-4,9-12H2,1H3,(H,18,22). The van der Waals surface area contributed by atoms with Gasteiger partial charge in [0.05, 0.1) is 0 Å². The lowest BCUT2D eigenvalue weighted by Gasteiger charge is -2.22. The number of amides is 3. The summed E-state index contributed by atoms with van der Waals surface area (Å²) in [5, 5.41) is 2.87. The molecule has 1 saturated heterocycles. The van der Waals surface area contributed by atoms with Crippen LogP contribution in [0.25, 0.3) is 0 Å². The summed E-state index contributed by atoms with van der Waals surface area (Å²) in [4.78, 5) is 29.0. The van der Waals surface area contributed by atoms with Crippen molar-refractivity contribution in [2.75, 3.05) is 37.8 Å². The van der Waals surface area contributed by atoms with Gasteiger partial charge >= 0.3 is 6.03 Å². The highest BCUT2D eigenvalue weighted by Gasteiger charge is 2.34. The summed E-state index contributed by atoms with van der Waals surface area (Å²) >= 11 is 0. The minimum absolute atomic E-state index is 0.152. The number of urea groups is 1. The predicted molar refractivity (Wildman–Crippen MR) is 93.3 cm³/mol. The van der Waals surface area contributed by atoms with E-state index in [4.69, 9.17) is 0 Å². The van der Waals surface area contributed by atoms with Crippen molar-refractivity contribution in [1.29, 1.82) is 0 Å². The van der Waals surface area contributed by atoms with Gasteiger partial charge in [-0.2, -0.15) is 0 Å². The Bertz CT molecular complexity index is 643. The molecular weight excluding hydrogens is 326 g/mol. The first-order valence-electron chi connectivity index (χ1n) is 8.33. The van der Waals surface area contributed by atoms with Crippen LogP contribution >= 0.6 is 0 Å². The van der Waals surface area contributed by atoms with Gasteiger partial charge in [0.15, 0.2) is 0 Å². The monoisotopic (exact) mass is 349 g/mol. The minimum Gasteiger partial charge on any atom is -0.341 e. The first-order chi connectivity index (χ1) is 11.5. The van der Waals surface area contributed by atoms with Gasteiger partial charge in [-0.15, -0.1) is 0 Å². The Kier molecular flexibility index (Phi) is 5.18. The fourth-order valence-corrected chi connectivity index (χ4v) is 3.38. The van der Waals surface area contributed by atoms with E-state index in [0.717, 1.165) is 30.7 Å². The number of nitrogens with zero attached hydrogens (tertiary/aromatic N) is 2. The highest BCUT2D eigenvalue weighted by atomic mass is 32.2. The van der Waals surface area contributed by atoms with Crippen LogP contribution in [0.2, 0.25) is 0 Å². The SMILES string of the molecule is CS(=O)c1ccc(NC(=O)N2CCCN(C(=O)C3CC3)CC2)cc1. The van der Waals surface area contributed by atoms with E-state index in [-0.39, 0.29) is 17.9 Å². The first kappa shape index (κ1) is 17.0. The number of rotatable bonds is 3. The van der Waals surface area contributed by atoms with Crippen molar-refractivity contribution >= 4 is 28.4 Å². The Morgan fingerprint density at radius 1 is 1.04 bits per heavy atom. The summed E-state index contributed by atoms with van der Waals surface area (Å²) in [5.74, 6) is 0.480. The van der Waals surface area contributed by atoms with E-state index in [0.29, 0.717) is 25.3 Å². The molecule has 1 heterocycles. The van der Waals surface area contributed by atoms with Crippen LogP contribution in [-0.2, 0) is 15.6 Å². The Hall–Kier alpha value is -1.89. The predicted octanol–water partition coefficient (Wildman–Crippen LogP) is 1.90. The van der Waals surface area contributed by atoms with Crippen molar-refractivity contribution < 1.29 is 13.8 Å². The largest absolute Gasteiger partial charge is 0.341 e. The topological polar surface area (TPSA) is 69.7 Å². The molecule has 130 valence electrons. The van der Waals surface area contributed by atoms with Crippen molar-refractivity contribution in [3.05, 3.63) is 24.3 Å². The molecule has 24 heavy (non-hydrogen) atoms. The molecule has 1 unspecified atom stereocenters. The van der Waals surface area contributed by atoms with Crippen molar-refractivity contribution in [3.8, 4) is 0 Å². The van der Waals surface area contributed by atoms with Crippen LogP contribution in [0.3, 0.4) is 0 Å². The van der Waals surface area contributed by atoms with Gasteiger partial charge in [-0.05, 0) is 43.5 Å². The maximum atomic E-state index is 12.4. The van der Waals surface area contributed by atoms with Crippen LogP contribution in [0.5, 0.6) is 0 Å². The van der Waals surface area contributed by atoms with Crippen LogP contribution in [0.15, 0.2) is 29.2 Å². The molecule has 1 aromatic carbocycles. The average Bonchev–Trinajstić information content (AvgIpc) is 3.41. The Labute approximate surface area is 144 Å². The molecule has 7 heteroatoms. The third-order valence-corrected chi connectivity index (χ3v) is 5.39. The molecule has 6 nitrogen and oxygen atoms in total. The van der Waals surface area contributed by atoms with Gasteiger partial charge < -0.3 is 15.1 Å². The highest BCUT2D eigenvalue weighted by molar-refractivity contribution is 7.84. The molecule has 0 spiro atoms. The zero-order valence-electron chi connectivity index (χ0n) is 13.9. The van der Waals surface area contributed by atoms with Crippen molar-refractivity contribution in [2.24, 2.45) is 5.92 Å². The Morgan fingerprint density at radius 2 is 1.67 bits per heavy atom. The van der Waals surface area contributed by atoms with Gasteiger partial charge in [-0.1, -0.05) is 0 Å². The summed E-state index contributed by atoms with van der Waals surface area (Å²) in [6.45, 7) is 2.55. The molecule has 1 saturated carbocycles. The zero-order valence-corrected chi connectivity index (χ0v) is 14.7. The third kappa shape index (κ3) is 4.14. The molecule has 1 aliphatic heterocycles. The minimum atomic E-state index is -1.02. The summed E-state index contributed by atoms with van der Waals surface area (Å²) in [6.07, 6.45) is 4.45. The normalized spacial score (nSPS) is 19.5. The second-order valence-corrected chi connectivity index (χ2v) is 7.73. The maximum absolute atomic E-state index is 12.4. The van der Waals surface area contributed by atoms with Crippen LogP contribution in [0.1, 0.15) is 19.3 Å². The molecule has 0 aromatic heterocycles. The number of hydrogen-bond acceptors (Lipinski definition) is 3. The maximum Gasteiger partial charge on any atom is 0.321 e. The van der Waals surface area contributed by atoms with E-state index in [2.05, 4.69) is 5.32 Å². The quantitative estimate of drug-likeness (QED) is 0.906. The molecule has 2 aliphatic rings. The van der Waals surface area contributed by atoms with Crippen LogP contribution in [0.4, 0.5) is 10.5 Å². The second kappa shape index (κ2) is 7.34. The summed E-state index contributed by atoms with van der Waals surface area (Å²) in [5.41, 5.74) is 0.685. The number of benzene rings is 1. The van der Waals surface area contributed by atoms with Crippen LogP contribution in [-0.4, -0.2) is 58.4 Å². The number of nitrogens with one attached hydrogen (secondary N) is 1. The molecule has 3 rings (SSSR count). The summed E-state index contributed by atoms with van der Waals surface area (Å²) in [6, 6.07) is 6.88. The second-order valence-electron chi connectivity index (χ2n) is 6.35. The first-order valence-corrected chi connectivity index (χ1v) is 9.88. The number of hydrogen-bond donors (Lipinski definition) is 1. The van der Waals surface area contributed by atoms with Gasteiger partial charge in [0.1, 0.15) is 0 Å². The van der Waals surface area contributed by atoms with Crippen LogP contribution < -0.4 is 5.32 Å². The zero-order chi connectivity index (χ0) is 17.1. The van der Waals surface area contributed by atoms with E-state index in [1.807, 2.05) is 4.90 Å². The lowest BCUT2D eigenvalue weighted by molar-refractivity contribution is -0.132. The molecule has 1 aliphatic carbocycles. The molecule has 1 N–H and O–H groups in total. The molecular formula is C17H23N3O3S. The van der Waals surface area contributed by atoms with Crippen molar-refractivity contribution in [3.63, 3.8) is 0 Å². The van der Waals surface area contributed by atoms with E-state index < -0.39 is 10.8 Å². The summed E-state index contributed by atoms with van der Waals surface area (Å²) in [7, 11) is -1.02. The Balaban J connectivity index is 1.54. The third-order valence-electron chi connectivity index (χ3n) is 4.46. The lowest BCUT2D eigenvalue weighted by atomic mass is 10.3. The molecule has 0 radical (unpaired) electrons. The average molecular weight is 349 g/mol. The van der Waals surface area contributed by atoms with Gasteiger partial charge in [0, 0.05) is 59.7 Å². The van der Waals surface area contributed by atoms with E-state index in [9.17, 15) is 13.8 Å². The molecule has 0 bridgehead atoms. The van der Waals surface area contributed by atoms with E-state index >= 15 is 0 Å². The fraction of sp³-hybridized carbons (Fsp3) is 0.529. The number of carbonyl (C=O) groups is 2. The van der Waals surface area contributed by atoms with Gasteiger partial charge in [0.2, 0.25) is 5.91 Å². The number of carbonyl (C=O) groups excluding carboxylic acids is 2. The highest BCUT2D eigenvalue weighted by Crippen LogP contribution is 2.31. The van der Waals surface area contributed by atoms with Gasteiger partial charge in [0.25, 0.3) is 0 Å². The van der Waals surface area contributed by atoms with Gasteiger partial charge in [-0.3, -0.25) is 9.00 Å². The summed E-state index contributed by atoms with van der Waals surface area (Å²) < 4.78 is 11.4. The molecule has 3 amide bonds. The van der Waals surface area contributed by atoms with Crippen molar-refractivity contribution in [2.45, 2.75) is 24.2 Å². The van der Waals surface area contributed by atoms with Gasteiger partial charge in [-0.25, -0.2) is 4.79 Å². The molecule has 1 atom stereocenters.